The average Bonchev–Trinajstić information content (AvgIpc) is 3.25. The molecule has 3 saturated heterocycles. The summed E-state index contributed by atoms with van der Waals surface area (Å²) in [5.41, 5.74) is 0.949. The number of hydrogen-bond donors (Lipinski definition) is 10. The number of aliphatic hydroxyl groups excluding tert-OH is 10. The van der Waals surface area contributed by atoms with Crippen molar-refractivity contribution in [2.45, 2.75) is 204 Å². The minimum Gasteiger partial charge on any atom is -0.432 e. The van der Waals surface area contributed by atoms with Crippen LogP contribution in [0, 0.1) is 44.8 Å². The first-order chi connectivity index (χ1) is 30.0. The molecule has 23 atom stereocenters. The monoisotopic (exact) mass is 910 g/mol. The smallest absolute Gasteiger partial charge is 0.315 e. The van der Waals surface area contributed by atoms with Gasteiger partial charge >= 0.3 is 5.97 Å². The number of hydrogen-bond acceptors (Lipinski definition) is 17. The van der Waals surface area contributed by atoms with Gasteiger partial charge in [-0.05, 0) is 105 Å². The van der Waals surface area contributed by atoms with Crippen LogP contribution in [0.4, 0.5) is 0 Å². The van der Waals surface area contributed by atoms with E-state index < -0.39 is 117 Å². The van der Waals surface area contributed by atoms with Gasteiger partial charge < -0.3 is 79.5 Å². The normalized spacial score (nSPS) is 53.8. The largest absolute Gasteiger partial charge is 0.432 e. The molecule has 8 rings (SSSR count). The summed E-state index contributed by atoms with van der Waals surface area (Å²) in [6.07, 6.45) is -14.3. The fraction of sp³-hybridized carbons (Fsp3) is 0.894. The number of rotatable bonds is 8. The molecule has 3 heterocycles. The van der Waals surface area contributed by atoms with Gasteiger partial charge in [-0.25, -0.2) is 0 Å². The third kappa shape index (κ3) is 7.50. The molecule has 0 unspecified atom stereocenters. The Morgan fingerprint density at radius 2 is 1.39 bits per heavy atom. The molecular weight excluding hydrogens is 836 g/mol. The molecule has 0 radical (unpaired) electrons. The quantitative estimate of drug-likeness (QED) is 0.119. The van der Waals surface area contributed by atoms with Crippen molar-refractivity contribution in [3.05, 3.63) is 23.8 Å². The number of aliphatic hydroxyl groups is 10. The molecule has 0 spiro atoms. The van der Waals surface area contributed by atoms with Gasteiger partial charge in [0.05, 0.1) is 30.8 Å². The van der Waals surface area contributed by atoms with Crippen molar-refractivity contribution in [2.24, 2.45) is 44.8 Å². The topological polar surface area (TPSA) is 275 Å². The summed E-state index contributed by atoms with van der Waals surface area (Å²) >= 11 is 0. The molecule has 17 nitrogen and oxygen atoms in total. The van der Waals surface area contributed by atoms with Gasteiger partial charge in [0.2, 0.25) is 6.29 Å². The van der Waals surface area contributed by atoms with Crippen molar-refractivity contribution in [3.8, 4) is 0 Å². The van der Waals surface area contributed by atoms with Crippen molar-refractivity contribution in [1.29, 1.82) is 0 Å². The SMILES string of the molecule is C=C1CC[C@]2(C(=O)O[C@@H]3O[C@H](CO[C@@H]4O[C@H](CO)[C@@H](O[C@@H]5O[C@@H](C)[C@H](O)[C@@H](O)[C@H]5O)[C@H](O)[C@H]4O)[C@@H](O)[C@H](O)[C@H]3O)CC[C@]3(C)C(=CC[C@@H]4[C@@]5(C)CC[C@H](O)C(C)(C)[C@@H]5CC[C@]43C)[C@@H]2C1. The summed E-state index contributed by atoms with van der Waals surface area (Å²) in [6, 6.07) is 0. The summed E-state index contributed by atoms with van der Waals surface area (Å²) in [6.45, 7) is 16.2. The molecule has 364 valence electrons. The van der Waals surface area contributed by atoms with Gasteiger partial charge in [0.15, 0.2) is 12.6 Å². The molecule has 64 heavy (non-hydrogen) atoms. The Balaban J connectivity index is 0.962. The van der Waals surface area contributed by atoms with Crippen molar-refractivity contribution >= 4 is 5.97 Å². The Morgan fingerprint density at radius 1 is 0.734 bits per heavy atom. The van der Waals surface area contributed by atoms with Crippen molar-refractivity contribution in [3.63, 3.8) is 0 Å². The van der Waals surface area contributed by atoms with Crippen LogP contribution >= 0.6 is 0 Å². The highest BCUT2D eigenvalue weighted by Crippen LogP contribution is 2.75. The molecule has 0 amide bonds. The van der Waals surface area contributed by atoms with Crippen LogP contribution in [-0.4, -0.2) is 168 Å². The lowest BCUT2D eigenvalue weighted by Crippen LogP contribution is -2.65. The summed E-state index contributed by atoms with van der Waals surface area (Å²) in [7, 11) is 0. The van der Waals surface area contributed by atoms with Crippen molar-refractivity contribution < 1.29 is 84.3 Å². The Labute approximate surface area is 375 Å². The van der Waals surface area contributed by atoms with Gasteiger partial charge in [0, 0.05) is 5.92 Å². The number of esters is 1. The van der Waals surface area contributed by atoms with Gasteiger partial charge in [-0.3, -0.25) is 4.79 Å². The minimum absolute atomic E-state index is 0.0492. The fourth-order valence-corrected chi connectivity index (χ4v) is 14.4. The van der Waals surface area contributed by atoms with E-state index in [2.05, 4.69) is 47.3 Å². The Hall–Kier alpha value is -1.65. The number of fused-ring (bicyclic) bond motifs is 7. The lowest BCUT2D eigenvalue weighted by atomic mass is 9.34. The summed E-state index contributed by atoms with van der Waals surface area (Å²) in [5, 5.41) is 107. The zero-order valence-corrected chi connectivity index (χ0v) is 38.1. The summed E-state index contributed by atoms with van der Waals surface area (Å²) < 4.78 is 34.6. The van der Waals surface area contributed by atoms with Crippen LogP contribution in [-0.2, 0) is 33.2 Å². The summed E-state index contributed by atoms with van der Waals surface area (Å²) in [5.74, 6) is 0.0145. The first kappa shape index (κ1) is 48.8. The van der Waals surface area contributed by atoms with Crippen molar-refractivity contribution in [1.82, 2.24) is 0 Å². The second kappa shape index (κ2) is 17.4. The molecule has 7 fully saturated rings. The third-order valence-corrected chi connectivity index (χ3v) is 18.7. The van der Waals surface area contributed by atoms with E-state index in [1.165, 1.54) is 12.5 Å². The molecule has 5 aliphatic carbocycles. The molecule has 3 aliphatic heterocycles. The highest BCUT2D eigenvalue weighted by molar-refractivity contribution is 5.79. The van der Waals surface area contributed by atoms with E-state index >= 15 is 0 Å². The predicted molar refractivity (Wildman–Crippen MR) is 224 cm³/mol. The first-order valence-corrected chi connectivity index (χ1v) is 23.5. The van der Waals surface area contributed by atoms with E-state index in [4.69, 9.17) is 28.4 Å². The molecule has 10 N–H and O–H groups in total. The Kier molecular flexibility index (Phi) is 13.3. The standard InChI is InChI=1S/C47H74O17/c1-21-10-15-47(17-16-45(6)23(24(47)18-21)8-9-28-44(5)13-12-29(49)43(3,4)27(44)11-14-46(28,45)7)42(58)64-41-36(56)33(53)31(51)26(62-41)20-59-39-37(57)34(54)38(25(19-48)61-39)63-40-35(55)32(52)30(50)22(2)60-40/h8,22,24-41,48-57H,1,9-20H2,2-7H3/t22-,24-,25+,26+,27-,28+,29-,30-,31+,32+,33-,34+,35+,36+,37+,38+,39+,40-,41-,44-,45+,46+,47-/m0/s1. The minimum atomic E-state index is -1.84. The Bertz CT molecular complexity index is 1770. The van der Waals surface area contributed by atoms with Crippen LogP contribution in [0.25, 0.3) is 0 Å². The molecule has 17 heteroatoms. The van der Waals surface area contributed by atoms with Crippen LogP contribution in [0.2, 0.25) is 0 Å². The molecule has 4 saturated carbocycles. The lowest BCUT2D eigenvalue weighted by molar-refractivity contribution is -0.361. The van der Waals surface area contributed by atoms with E-state index in [1.54, 1.807) is 0 Å². The number of allylic oxidation sites excluding steroid dienone is 3. The van der Waals surface area contributed by atoms with Gasteiger partial charge in [-0.1, -0.05) is 58.4 Å². The summed E-state index contributed by atoms with van der Waals surface area (Å²) in [4.78, 5) is 14.8. The van der Waals surface area contributed by atoms with Crippen LogP contribution in [0.15, 0.2) is 23.8 Å². The van der Waals surface area contributed by atoms with Gasteiger partial charge in [-0.2, -0.15) is 0 Å². The van der Waals surface area contributed by atoms with Gasteiger partial charge in [-0.15, -0.1) is 0 Å². The number of carbonyl (C=O) groups is 1. The molecule has 8 aliphatic rings. The van der Waals surface area contributed by atoms with Gasteiger partial charge in [0.25, 0.3) is 0 Å². The zero-order chi connectivity index (χ0) is 46.6. The third-order valence-electron chi connectivity index (χ3n) is 18.7. The second-order valence-corrected chi connectivity index (χ2v) is 22.1. The number of carbonyl (C=O) groups excluding carboxylic acids is 1. The van der Waals surface area contributed by atoms with Crippen LogP contribution < -0.4 is 0 Å². The van der Waals surface area contributed by atoms with Crippen LogP contribution in [0.5, 0.6) is 0 Å². The van der Waals surface area contributed by atoms with Crippen LogP contribution in [0.1, 0.15) is 106 Å². The fourth-order valence-electron chi connectivity index (χ4n) is 14.4. The average molecular weight is 911 g/mol. The molecule has 0 aromatic rings. The maximum Gasteiger partial charge on any atom is 0.315 e. The second-order valence-electron chi connectivity index (χ2n) is 22.1. The van der Waals surface area contributed by atoms with E-state index in [-0.39, 0.29) is 33.7 Å². The maximum atomic E-state index is 14.8. The van der Waals surface area contributed by atoms with E-state index in [0.717, 1.165) is 44.1 Å². The van der Waals surface area contributed by atoms with E-state index in [0.29, 0.717) is 37.5 Å². The zero-order valence-electron chi connectivity index (χ0n) is 38.1. The first-order valence-electron chi connectivity index (χ1n) is 23.5. The van der Waals surface area contributed by atoms with Crippen LogP contribution in [0.3, 0.4) is 0 Å². The highest BCUT2D eigenvalue weighted by atomic mass is 16.8. The van der Waals surface area contributed by atoms with Crippen molar-refractivity contribution in [2.75, 3.05) is 13.2 Å². The molecule has 0 bridgehead atoms. The van der Waals surface area contributed by atoms with E-state index in [9.17, 15) is 55.9 Å². The maximum absolute atomic E-state index is 14.8. The molecule has 0 aromatic carbocycles. The predicted octanol–water partition coefficient (Wildman–Crippen LogP) is 0.698. The lowest BCUT2D eigenvalue weighted by Gasteiger charge is -2.71. The number of ether oxygens (including phenoxy) is 6. The molecule has 0 aromatic heterocycles. The van der Waals surface area contributed by atoms with Gasteiger partial charge in [0.1, 0.15) is 67.1 Å². The Morgan fingerprint density at radius 3 is 2.09 bits per heavy atom. The molecular formula is C47H74O17. The highest BCUT2D eigenvalue weighted by Gasteiger charge is 2.69. The van der Waals surface area contributed by atoms with E-state index in [1.807, 2.05) is 0 Å².